The van der Waals surface area contributed by atoms with E-state index in [0.717, 1.165) is 28.7 Å². The summed E-state index contributed by atoms with van der Waals surface area (Å²) in [5, 5.41) is 3.12. The molecule has 0 aliphatic carbocycles. The Bertz CT molecular complexity index is 962. The molecule has 0 spiro atoms. The molecule has 1 aliphatic heterocycles. The van der Waals surface area contributed by atoms with Crippen LogP contribution in [0.5, 0.6) is 0 Å². The van der Waals surface area contributed by atoms with E-state index in [2.05, 4.69) is 5.32 Å². The van der Waals surface area contributed by atoms with Crippen LogP contribution in [-0.2, 0) is 10.0 Å². The van der Waals surface area contributed by atoms with E-state index in [1.807, 2.05) is 11.8 Å². The molecule has 1 saturated heterocycles. The number of hydrogen-bond donors (Lipinski definition) is 1. The summed E-state index contributed by atoms with van der Waals surface area (Å²) in [4.78, 5) is 12.6. The fourth-order valence-corrected chi connectivity index (χ4v) is 5.42. The number of nitrogens with zero attached hydrogens (tertiary/aromatic N) is 1. The van der Waals surface area contributed by atoms with Crippen LogP contribution in [0.2, 0.25) is 5.02 Å². The Hall–Kier alpha value is -1.77. The summed E-state index contributed by atoms with van der Waals surface area (Å²) in [6, 6.07) is 9.21. The highest BCUT2D eigenvalue weighted by molar-refractivity contribution is 7.99. The van der Waals surface area contributed by atoms with Crippen LogP contribution in [0.15, 0.2) is 47.4 Å². The van der Waals surface area contributed by atoms with E-state index in [1.165, 1.54) is 49.5 Å². The Morgan fingerprint density at radius 1 is 1.18 bits per heavy atom. The van der Waals surface area contributed by atoms with Gasteiger partial charge < -0.3 is 5.32 Å². The highest BCUT2D eigenvalue weighted by Gasteiger charge is 2.25. The molecular formula is C19H20ClFN2O3S2. The smallest absolute Gasteiger partial charge is 0.264 e. The number of rotatable bonds is 5. The number of amides is 1. The van der Waals surface area contributed by atoms with Gasteiger partial charge in [-0.1, -0.05) is 11.6 Å². The van der Waals surface area contributed by atoms with Crippen LogP contribution in [0.3, 0.4) is 0 Å². The summed E-state index contributed by atoms with van der Waals surface area (Å²) in [6.07, 6.45) is 1.75. The standard InChI is InChI=1S/C19H20ClFN2O3S2/c1-23(15-4-2-13(21)3-5-15)28(25,26)16-6-7-18(20)17(12-16)19(24)22-14-8-10-27-11-9-14/h2-7,12,14H,8-11H2,1H3,(H,22,24). The first-order valence-electron chi connectivity index (χ1n) is 8.71. The van der Waals surface area contributed by atoms with Gasteiger partial charge in [0.25, 0.3) is 15.9 Å². The molecule has 3 rings (SSSR count). The number of carbonyl (C=O) groups excluding carboxylic acids is 1. The molecule has 0 saturated carbocycles. The van der Waals surface area contributed by atoms with Gasteiger partial charge in [0.15, 0.2) is 0 Å². The van der Waals surface area contributed by atoms with Gasteiger partial charge in [0.05, 0.1) is 21.2 Å². The van der Waals surface area contributed by atoms with Crippen molar-refractivity contribution >= 4 is 45.0 Å². The lowest BCUT2D eigenvalue weighted by Crippen LogP contribution is -2.37. The zero-order valence-electron chi connectivity index (χ0n) is 15.2. The van der Waals surface area contributed by atoms with Gasteiger partial charge in [0.2, 0.25) is 0 Å². The Balaban J connectivity index is 1.86. The number of benzene rings is 2. The minimum absolute atomic E-state index is 0.0620. The van der Waals surface area contributed by atoms with Gasteiger partial charge in [-0.25, -0.2) is 12.8 Å². The molecule has 1 aliphatic rings. The summed E-state index contributed by atoms with van der Waals surface area (Å²) < 4.78 is 40.1. The third kappa shape index (κ3) is 4.61. The van der Waals surface area contributed by atoms with Gasteiger partial charge in [-0.3, -0.25) is 9.10 Å². The van der Waals surface area contributed by atoms with Gasteiger partial charge in [-0.05, 0) is 66.8 Å². The lowest BCUT2D eigenvalue weighted by molar-refractivity contribution is 0.0935. The Labute approximate surface area is 173 Å². The first-order valence-corrected chi connectivity index (χ1v) is 11.7. The summed E-state index contributed by atoms with van der Waals surface area (Å²) in [6.45, 7) is 0. The topological polar surface area (TPSA) is 66.5 Å². The molecule has 2 aromatic carbocycles. The molecule has 1 N–H and O–H groups in total. The first-order chi connectivity index (χ1) is 13.3. The molecule has 0 unspecified atom stereocenters. The maximum absolute atomic E-state index is 13.1. The van der Waals surface area contributed by atoms with Crippen molar-refractivity contribution in [1.29, 1.82) is 0 Å². The Morgan fingerprint density at radius 3 is 2.46 bits per heavy atom. The quantitative estimate of drug-likeness (QED) is 0.761. The monoisotopic (exact) mass is 442 g/mol. The predicted octanol–water partition coefficient (Wildman–Crippen LogP) is 3.93. The van der Waals surface area contributed by atoms with E-state index in [-0.39, 0.29) is 27.4 Å². The predicted molar refractivity (Wildman–Crippen MR) is 111 cm³/mol. The molecule has 5 nitrogen and oxygen atoms in total. The lowest BCUT2D eigenvalue weighted by Gasteiger charge is -2.23. The average Bonchev–Trinajstić information content (AvgIpc) is 2.69. The van der Waals surface area contributed by atoms with Crippen LogP contribution in [0, 0.1) is 5.82 Å². The van der Waals surface area contributed by atoms with Crippen LogP contribution >= 0.6 is 23.4 Å². The molecular weight excluding hydrogens is 423 g/mol. The second-order valence-electron chi connectivity index (χ2n) is 6.45. The zero-order valence-corrected chi connectivity index (χ0v) is 17.6. The van der Waals surface area contributed by atoms with Gasteiger partial charge in [-0.15, -0.1) is 0 Å². The van der Waals surface area contributed by atoms with E-state index in [9.17, 15) is 17.6 Å². The normalized spacial score (nSPS) is 15.2. The van der Waals surface area contributed by atoms with E-state index in [4.69, 9.17) is 11.6 Å². The van der Waals surface area contributed by atoms with Crippen molar-refractivity contribution in [3.8, 4) is 0 Å². The summed E-state index contributed by atoms with van der Waals surface area (Å²) in [5.74, 6) is 1.12. The molecule has 9 heteroatoms. The number of thioether (sulfide) groups is 1. The number of halogens is 2. The lowest BCUT2D eigenvalue weighted by atomic mass is 10.1. The Morgan fingerprint density at radius 2 is 1.82 bits per heavy atom. The molecule has 1 heterocycles. The molecule has 0 radical (unpaired) electrons. The van der Waals surface area contributed by atoms with Crippen molar-refractivity contribution in [2.75, 3.05) is 22.9 Å². The molecule has 1 fully saturated rings. The maximum Gasteiger partial charge on any atom is 0.264 e. The van der Waals surface area contributed by atoms with E-state index < -0.39 is 15.8 Å². The van der Waals surface area contributed by atoms with Gasteiger partial charge >= 0.3 is 0 Å². The molecule has 0 atom stereocenters. The first kappa shape index (κ1) is 21.0. The molecule has 0 aromatic heterocycles. The summed E-state index contributed by atoms with van der Waals surface area (Å²) in [5.41, 5.74) is 0.426. The second kappa shape index (κ2) is 8.71. The number of hydrogen-bond acceptors (Lipinski definition) is 4. The van der Waals surface area contributed by atoms with E-state index >= 15 is 0 Å². The van der Waals surface area contributed by atoms with E-state index in [1.54, 1.807) is 0 Å². The molecule has 1 amide bonds. The zero-order chi connectivity index (χ0) is 20.3. The maximum atomic E-state index is 13.1. The van der Waals surface area contributed by atoms with Crippen LogP contribution < -0.4 is 9.62 Å². The van der Waals surface area contributed by atoms with Crippen molar-refractivity contribution in [1.82, 2.24) is 5.32 Å². The van der Waals surface area contributed by atoms with Crippen molar-refractivity contribution < 1.29 is 17.6 Å². The third-order valence-corrected chi connectivity index (χ3v) is 7.75. The van der Waals surface area contributed by atoms with E-state index in [0.29, 0.717) is 5.69 Å². The number of anilines is 1. The molecule has 0 bridgehead atoms. The van der Waals surface area contributed by atoms with Crippen LogP contribution in [-0.4, -0.2) is 38.9 Å². The van der Waals surface area contributed by atoms with Crippen molar-refractivity contribution in [2.24, 2.45) is 0 Å². The van der Waals surface area contributed by atoms with Gasteiger partial charge in [0.1, 0.15) is 5.82 Å². The van der Waals surface area contributed by atoms with Crippen LogP contribution in [0.1, 0.15) is 23.2 Å². The fraction of sp³-hybridized carbons (Fsp3) is 0.316. The average molecular weight is 443 g/mol. The third-order valence-electron chi connectivity index (χ3n) is 4.59. The molecule has 150 valence electrons. The highest BCUT2D eigenvalue weighted by Crippen LogP contribution is 2.26. The largest absolute Gasteiger partial charge is 0.349 e. The summed E-state index contributed by atoms with van der Waals surface area (Å²) in [7, 11) is -2.57. The highest BCUT2D eigenvalue weighted by atomic mass is 35.5. The molecule has 28 heavy (non-hydrogen) atoms. The molecule has 2 aromatic rings. The van der Waals surface area contributed by atoms with Crippen LogP contribution in [0.25, 0.3) is 0 Å². The number of sulfonamides is 1. The number of nitrogens with one attached hydrogen (secondary N) is 1. The van der Waals surface area contributed by atoms with Crippen LogP contribution in [0.4, 0.5) is 10.1 Å². The Kier molecular flexibility index (Phi) is 6.52. The minimum atomic E-state index is -3.94. The number of carbonyl (C=O) groups is 1. The fourth-order valence-electron chi connectivity index (χ4n) is 2.89. The van der Waals surface area contributed by atoms with Crippen molar-refractivity contribution in [3.05, 3.63) is 58.9 Å². The van der Waals surface area contributed by atoms with Crippen molar-refractivity contribution in [3.63, 3.8) is 0 Å². The van der Waals surface area contributed by atoms with Crippen molar-refractivity contribution in [2.45, 2.75) is 23.8 Å². The van der Waals surface area contributed by atoms with Gasteiger partial charge in [-0.2, -0.15) is 11.8 Å². The summed E-state index contributed by atoms with van der Waals surface area (Å²) >= 11 is 8.00. The second-order valence-corrected chi connectivity index (χ2v) is 10.1. The van der Waals surface area contributed by atoms with Gasteiger partial charge in [0, 0.05) is 13.1 Å². The SMILES string of the molecule is CN(c1ccc(F)cc1)S(=O)(=O)c1ccc(Cl)c(C(=O)NC2CCSCC2)c1. The minimum Gasteiger partial charge on any atom is -0.349 e.